The number of nitrogens with one attached hydrogen (secondary N) is 2. The lowest BCUT2D eigenvalue weighted by atomic mass is 10.1. The van der Waals surface area contributed by atoms with E-state index in [1.807, 2.05) is 0 Å². The summed E-state index contributed by atoms with van der Waals surface area (Å²) in [6, 6.07) is 2.08. The van der Waals surface area contributed by atoms with Gasteiger partial charge in [-0.05, 0) is 20.9 Å². The molecule has 1 amide bonds. The van der Waals surface area contributed by atoms with Crippen molar-refractivity contribution in [2.75, 3.05) is 19.0 Å². The summed E-state index contributed by atoms with van der Waals surface area (Å²) >= 11 is 0. The first-order valence-corrected chi connectivity index (χ1v) is 8.52. The molecule has 1 aliphatic heterocycles. The average Bonchev–Trinajstić information content (AvgIpc) is 3.22. The molecule has 4 N–H and O–H groups in total. The Kier molecular flexibility index (Phi) is 5.12. The molecule has 0 radical (unpaired) electrons. The molecule has 0 bridgehead atoms. The predicted octanol–water partition coefficient (Wildman–Crippen LogP) is -0.120. The molecular weight excluding hydrogens is 352 g/mol. The second-order valence-electron chi connectivity index (χ2n) is 6.93. The van der Waals surface area contributed by atoms with Crippen LogP contribution in [0, 0.1) is 11.3 Å². The maximum Gasteiger partial charge on any atom is 0.245 e. The minimum Gasteiger partial charge on any atom is -0.394 e. The van der Waals surface area contributed by atoms with Gasteiger partial charge in [-0.3, -0.25) is 4.79 Å². The minimum atomic E-state index is -0.834. The van der Waals surface area contributed by atoms with E-state index < -0.39 is 24.0 Å². The monoisotopic (exact) mass is 374 g/mol. The van der Waals surface area contributed by atoms with Crippen molar-refractivity contribution >= 4 is 22.8 Å². The van der Waals surface area contributed by atoms with Crippen molar-refractivity contribution in [1.82, 2.24) is 19.9 Å². The van der Waals surface area contributed by atoms with Gasteiger partial charge >= 0.3 is 0 Å². The molecule has 0 spiro atoms. The Morgan fingerprint density at radius 3 is 2.85 bits per heavy atom. The third-order valence-electron chi connectivity index (χ3n) is 4.85. The van der Waals surface area contributed by atoms with Crippen LogP contribution in [0.5, 0.6) is 0 Å². The van der Waals surface area contributed by atoms with Crippen LogP contribution in [-0.4, -0.2) is 62.1 Å². The fourth-order valence-corrected chi connectivity index (χ4v) is 2.91. The third kappa shape index (κ3) is 3.38. The zero-order valence-corrected chi connectivity index (χ0v) is 15.3. The first-order valence-electron chi connectivity index (χ1n) is 8.52. The molecule has 2 aromatic rings. The number of nitriles is 1. The van der Waals surface area contributed by atoms with Crippen LogP contribution in [0.2, 0.25) is 0 Å². The molecule has 1 aliphatic rings. The minimum absolute atomic E-state index is 0.223. The number of amides is 1. The lowest BCUT2D eigenvalue weighted by molar-refractivity contribution is -0.121. The molecule has 0 aromatic carbocycles. The topological polar surface area (TPSA) is 145 Å². The fraction of sp³-hybridized carbons (Fsp3) is 0.529. The molecule has 0 aliphatic carbocycles. The Balaban J connectivity index is 2.03. The van der Waals surface area contributed by atoms with Gasteiger partial charge in [0.25, 0.3) is 0 Å². The van der Waals surface area contributed by atoms with Crippen LogP contribution in [0.15, 0.2) is 12.5 Å². The van der Waals surface area contributed by atoms with Crippen molar-refractivity contribution in [3.05, 3.63) is 18.1 Å². The first-order chi connectivity index (χ1) is 12.8. The maximum atomic E-state index is 12.5. The van der Waals surface area contributed by atoms with E-state index in [0.717, 1.165) is 0 Å². The lowest BCUT2D eigenvalue weighted by Crippen LogP contribution is -2.48. The number of fused-ring (bicyclic) bond motifs is 1. The number of anilines is 1. The summed E-state index contributed by atoms with van der Waals surface area (Å²) in [5, 5.41) is 34.8. The molecule has 1 saturated heterocycles. The highest BCUT2D eigenvalue weighted by atomic mass is 16.5. The number of hydrogen-bond acceptors (Lipinski definition) is 8. The molecule has 2 aromatic heterocycles. The summed E-state index contributed by atoms with van der Waals surface area (Å²) in [5.74, 6) is -0.0876. The van der Waals surface area contributed by atoms with E-state index in [0.29, 0.717) is 11.0 Å². The van der Waals surface area contributed by atoms with E-state index in [9.17, 15) is 20.3 Å². The number of rotatable bonds is 5. The molecule has 1 fully saturated rings. The van der Waals surface area contributed by atoms with E-state index in [2.05, 4.69) is 26.7 Å². The number of aliphatic hydroxyl groups excluding tert-OH is 2. The van der Waals surface area contributed by atoms with E-state index in [4.69, 9.17) is 4.74 Å². The van der Waals surface area contributed by atoms with Gasteiger partial charge < -0.3 is 30.2 Å². The molecule has 10 nitrogen and oxygen atoms in total. The summed E-state index contributed by atoms with van der Waals surface area (Å²) in [6.07, 6.45) is 0.981. The molecule has 3 rings (SSSR count). The summed E-state index contributed by atoms with van der Waals surface area (Å²) in [7, 11) is 1.67. The second-order valence-corrected chi connectivity index (χ2v) is 6.93. The standard InChI is InChI=1S/C17H22N6O4/c1-17(2,19-3)16(26)22-14-13-9(5-18)6-23(15(13)21-8-20-14)12-4-10(25)11(7-24)27-12/h6,8,10-12,19,24-25H,4,7H2,1-3H3,(H,20,21,22,26)/t10-,11-,12-/m1/s1. The van der Waals surface area contributed by atoms with Crippen LogP contribution >= 0.6 is 0 Å². The number of aromatic nitrogens is 3. The van der Waals surface area contributed by atoms with Gasteiger partial charge in [0.05, 0.1) is 29.2 Å². The Bertz CT molecular complexity index is 903. The Morgan fingerprint density at radius 2 is 2.26 bits per heavy atom. The van der Waals surface area contributed by atoms with E-state index in [1.54, 1.807) is 31.7 Å². The fourth-order valence-electron chi connectivity index (χ4n) is 2.91. The summed E-state index contributed by atoms with van der Waals surface area (Å²) in [6.45, 7) is 3.14. The smallest absolute Gasteiger partial charge is 0.245 e. The van der Waals surface area contributed by atoms with E-state index in [1.165, 1.54) is 6.33 Å². The largest absolute Gasteiger partial charge is 0.394 e. The molecule has 0 unspecified atom stereocenters. The van der Waals surface area contributed by atoms with Gasteiger partial charge in [-0.15, -0.1) is 0 Å². The van der Waals surface area contributed by atoms with E-state index in [-0.39, 0.29) is 30.3 Å². The van der Waals surface area contributed by atoms with Crippen LogP contribution in [0.3, 0.4) is 0 Å². The first kappa shape index (κ1) is 19.2. The van der Waals surface area contributed by atoms with E-state index >= 15 is 0 Å². The summed E-state index contributed by atoms with van der Waals surface area (Å²) in [4.78, 5) is 20.8. The van der Waals surface area contributed by atoms with Crippen LogP contribution in [0.4, 0.5) is 5.82 Å². The summed E-state index contributed by atoms with van der Waals surface area (Å²) in [5.41, 5.74) is -0.164. The quantitative estimate of drug-likeness (QED) is 0.567. The molecule has 27 heavy (non-hydrogen) atoms. The van der Waals surface area contributed by atoms with Crippen LogP contribution in [0.1, 0.15) is 32.1 Å². The average molecular weight is 374 g/mol. The normalized spacial score (nSPS) is 22.7. The van der Waals surface area contributed by atoms with Crippen molar-refractivity contribution in [1.29, 1.82) is 5.26 Å². The van der Waals surface area contributed by atoms with Crippen molar-refractivity contribution < 1.29 is 19.7 Å². The van der Waals surface area contributed by atoms with Crippen LogP contribution < -0.4 is 10.6 Å². The number of hydrogen-bond donors (Lipinski definition) is 4. The Labute approximate surface area is 155 Å². The Hall–Kier alpha value is -2.58. The predicted molar refractivity (Wildman–Crippen MR) is 95.6 cm³/mol. The number of likely N-dealkylation sites (N-methyl/N-ethyl adjacent to an activating group) is 1. The number of ether oxygens (including phenoxy) is 1. The molecule has 144 valence electrons. The van der Waals surface area contributed by atoms with Crippen molar-refractivity contribution in [3.8, 4) is 6.07 Å². The van der Waals surface area contributed by atoms with Gasteiger partial charge in [0, 0.05) is 12.6 Å². The molecule has 0 saturated carbocycles. The number of nitrogens with zero attached hydrogens (tertiary/aromatic N) is 4. The highest BCUT2D eigenvalue weighted by Crippen LogP contribution is 2.34. The van der Waals surface area contributed by atoms with Crippen molar-refractivity contribution in [3.63, 3.8) is 0 Å². The number of aliphatic hydroxyl groups is 2. The van der Waals surface area contributed by atoms with Gasteiger partial charge in [0.2, 0.25) is 5.91 Å². The number of carbonyl (C=O) groups excluding carboxylic acids is 1. The second kappa shape index (κ2) is 7.21. The van der Waals surface area contributed by atoms with Gasteiger partial charge in [0.15, 0.2) is 0 Å². The van der Waals surface area contributed by atoms with Crippen LogP contribution in [0.25, 0.3) is 11.0 Å². The zero-order valence-electron chi connectivity index (χ0n) is 15.3. The molecule has 3 atom stereocenters. The SMILES string of the molecule is CNC(C)(C)C(=O)Nc1ncnc2c1c(C#N)cn2[C@H]1C[C@@H](O)[C@@H](CO)O1. The van der Waals surface area contributed by atoms with Crippen LogP contribution in [-0.2, 0) is 9.53 Å². The molecular formula is C17H22N6O4. The van der Waals surface area contributed by atoms with Gasteiger partial charge in [0.1, 0.15) is 36.2 Å². The summed E-state index contributed by atoms with van der Waals surface area (Å²) < 4.78 is 7.28. The van der Waals surface area contributed by atoms with Gasteiger partial charge in [-0.25, -0.2) is 9.97 Å². The lowest BCUT2D eigenvalue weighted by Gasteiger charge is -2.22. The van der Waals surface area contributed by atoms with Crippen molar-refractivity contribution in [2.24, 2.45) is 0 Å². The highest BCUT2D eigenvalue weighted by molar-refractivity contribution is 6.04. The third-order valence-corrected chi connectivity index (χ3v) is 4.85. The zero-order chi connectivity index (χ0) is 19.8. The van der Waals surface area contributed by atoms with Crippen molar-refractivity contribution in [2.45, 2.75) is 44.2 Å². The van der Waals surface area contributed by atoms with Gasteiger partial charge in [-0.1, -0.05) is 0 Å². The highest BCUT2D eigenvalue weighted by Gasteiger charge is 2.36. The number of carbonyl (C=O) groups is 1. The Morgan fingerprint density at radius 1 is 1.52 bits per heavy atom. The molecule has 3 heterocycles. The molecule has 10 heteroatoms. The maximum absolute atomic E-state index is 12.5. The van der Waals surface area contributed by atoms with Gasteiger partial charge in [-0.2, -0.15) is 5.26 Å².